The Kier molecular flexibility index (Phi) is 5.93. The number of carbonyl (C=O) groups is 2. The monoisotopic (exact) mass is 349 g/mol. The number of benzene rings is 1. The highest BCUT2D eigenvalue weighted by atomic mass is 16.5. The maximum absolute atomic E-state index is 12.4. The Balaban J connectivity index is 2.13. The third-order valence-corrected chi connectivity index (χ3v) is 3.12. The fraction of sp³-hybridized carbons (Fsp3) is 0.375. The van der Waals surface area contributed by atoms with Crippen molar-refractivity contribution in [1.29, 1.82) is 0 Å². The van der Waals surface area contributed by atoms with Crippen LogP contribution in [0.2, 0.25) is 0 Å². The van der Waals surface area contributed by atoms with E-state index in [9.17, 15) is 9.59 Å². The summed E-state index contributed by atoms with van der Waals surface area (Å²) in [6.45, 7) is 5.02. The molecule has 1 heterocycles. The number of carboxylic acid groups (broad SMARTS) is 1. The van der Waals surface area contributed by atoms with E-state index >= 15 is 0 Å². The number of carbonyl (C=O) groups excluding carboxylic acids is 1. The molecule has 0 saturated heterocycles. The van der Waals surface area contributed by atoms with Gasteiger partial charge in [-0.25, -0.2) is 4.79 Å². The standard InChI is InChI=1S/C16H19N3O6/c1-4-23-13-7-11(5-6-12(13)24-8-14(20)21)15(22)17-9(2)16-18-10(3)19-25-16/h5-7,9H,4,8H2,1-3H3,(H,17,22)(H,20,21). The van der Waals surface area contributed by atoms with Crippen LogP contribution in [0.25, 0.3) is 0 Å². The van der Waals surface area contributed by atoms with Crippen molar-refractivity contribution in [3.63, 3.8) is 0 Å². The van der Waals surface area contributed by atoms with E-state index in [0.717, 1.165) is 0 Å². The number of amides is 1. The second kappa shape index (κ2) is 8.13. The average Bonchev–Trinajstić information content (AvgIpc) is 3.00. The van der Waals surface area contributed by atoms with Gasteiger partial charge in [-0.3, -0.25) is 4.79 Å². The molecule has 134 valence electrons. The molecule has 0 aliphatic carbocycles. The number of aliphatic carboxylic acids is 1. The van der Waals surface area contributed by atoms with Crippen LogP contribution in [0.3, 0.4) is 0 Å². The molecule has 2 N–H and O–H groups in total. The molecule has 9 heteroatoms. The zero-order chi connectivity index (χ0) is 18.4. The number of hydrogen-bond acceptors (Lipinski definition) is 7. The number of hydrogen-bond donors (Lipinski definition) is 2. The predicted molar refractivity (Wildman–Crippen MR) is 85.7 cm³/mol. The third kappa shape index (κ3) is 4.93. The van der Waals surface area contributed by atoms with Crippen LogP contribution in [-0.2, 0) is 4.79 Å². The van der Waals surface area contributed by atoms with Gasteiger partial charge in [0.05, 0.1) is 6.61 Å². The van der Waals surface area contributed by atoms with E-state index in [1.54, 1.807) is 20.8 Å². The molecule has 2 rings (SSSR count). The van der Waals surface area contributed by atoms with Crippen LogP contribution in [0.15, 0.2) is 22.7 Å². The molecule has 1 aromatic heterocycles. The van der Waals surface area contributed by atoms with Gasteiger partial charge in [0.15, 0.2) is 23.9 Å². The van der Waals surface area contributed by atoms with Crippen molar-refractivity contribution < 1.29 is 28.7 Å². The Bertz CT molecular complexity index is 758. The second-order valence-electron chi connectivity index (χ2n) is 5.15. The van der Waals surface area contributed by atoms with E-state index in [1.807, 2.05) is 0 Å². The minimum absolute atomic E-state index is 0.251. The number of rotatable bonds is 8. The van der Waals surface area contributed by atoms with Crippen molar-refractivity contribution in [2.24, 2.45) is 0 Å². The molecule has 9 nitrogen and oxygen atoms in total. The molecular weight excluding hydrogens is 330 g/mol. The fourth-order valence-corrected chi connectivity index (χ4v) is 2.01. The highest BCUT2D eigenvalue weighted by Gasteiger charge is 2.18. The molecule has 0 radical (unpaired) electrons. The molecule has 2 aromatic rings. The van der Waals surface area contributed by atoms with Crippen molar-refractivity contribution in [3.8, 4) is 11.5 Å². The minimum atomic E-state index is -1.10. The normalized spacial score (nSPS) is 11.6. The summed E-state index contributed by atoms with van der Waals surface area (Å²) >= 11 is 0. The molecule has 0 saturated carbocycles. The lowest BCUT2D eigenvalue weighted by atomic mass is 10.1. The molecule has 0 aliphatic rings. The summed E-state index contributed by atoms with van der Waals surface area (Å²) < 4.78 is 15.6. The molecule has 25 heavy (non-hydrogen) atoms. The zero-order valence-corrected chi connectivity index (χ0v) is 14.1. The van der Waals surface area contributed by atoms with E-state index in [0.29, 0.717) is 23.9 Å². The average molecular weight is 349 g/mol. The fourth-order valence-electron chi connectivity index (χ4n) is 2.01. The van der Waals surface area contributed by atoms with E-state index in [4.69, 9.17) is 19.1 Å². The van der Waals surface area contributed by atoms with Crippen LogP contribution >= 0.6 is 0 Å². The van der Waals surface area contributed by atoms with Crippen molar-refractivity contribution in [2.45, 2.75) is 26.8 Å². The summed E-state index contributed by atoms with van der Waals surface area (Å²) in [5.41, 5.74) is 0.328. The van der Waals surface area contributed by atoms with Crippen molar-refractivity contribution in [2.75, 3.05) is 13.2 Å². The lowest BCUT2D eigenvalue weighted by molar-refractivity contribution is -0.139. The van der Waals surface area contributed by atoms with E-state index in [2.05, 4.69) is 15.5 Å². The van der Waals surface area contributed by atoms with E-state index in [1.165, 1.54) is 18.2 Å². The van der Waals surface area contributed by atoms with Crippen molar-refractivity contribution in [1.82, 2.24) is 15.5 Å². The number of aryl methyl sites for hydroxylation is 1. The zero-order valence-electron chi connectivity index (χ0n) is 14.1. The summed E-state index contributed by atoms with van der Waals surface area (Å²) in [7, 11) is 0. The summed E-state index contributed by atoms with van der Waals surface area (Å²) in [4.78, 5) is 27.1. The van der Waals surface area contributed by atoms with Crippen LogP contribution in [0, 0.1) is 6.92 Å². The molecule has 0 fully saturated rings. The van der Waals surface area contributed by atoms with Gasteiger partial charge in [-0.05, 0) is 39.0 Å². The van der Waals surface area contributed by atoms with E-state index < -0.39 is 18.6 Å². The smallest absolute Gasteiger partial charge is 0.341 e. The van der Waals surface area contributed by atoms with Crippen LogP contribution < -0.4 is 14.8 Å². The Morgan fingerprint density at radius 1 is 1.32 bits per heavy atom. The van der Waals surface area contributed by atoms with Gasteiger partial charge in [0.2, 0.25) is 5.89 Å². The highest BCUT2D eigenvalue weighted by Crippen LogP contribution is 2.28. The first-order chi connectivity index (χ1) is 11.9. The van der Waals surface area contributed by atoms with Crippen LogP contribution in [0.5, 0.6) is 11.5 Å². The Hall–Kier alpha value is -3.10. The summed E-state index contributed by atoms with van der Waals surface area (Å²) in [5.74, 6) is -0.145. The maximum atomic E-state index is 12.4. The molecule has 0 bridgehead atoms. The van der Waals surface area contributed by atoms with Gasteiger partial charge in [0.25, 0.3) is 5.91 Å². The lowest BCUT2D eigenvalue weighted by Crippen LogP contribution is -2.27. The number of carboxylic acids is 1. The largest absolute Gasteiger partial charge is 0.490 e. The molecule has 0 aliphatic heterocycles. The first-order valence-corrected chi connectivity index (χ1v) is 7.63. The minimum Gasteiger partial charge on any atom is -0.490 e. The van der Waals surface area contributed by atoms with Gasteiger partial charge >= 0.3 is 5.97 Å². The second-order valence-corrected chi connectivity index (χ2v) is 5.15. The SMILES string of the molecule is CCOc1cc(C(=O)NC(C)c2nc(C)no2)ccc1OCC(=O)O. The number of aromatic nitrogens is 2. The molecule has 0 spiro atoms. The van der Waals surface area contributed by atoms with Crippen LogP contribution in [0.4, 0.5) is 0 Å². The van der Waals surface area contributed by atoms with Gasteiger partial charge in [0.1, 0.15) is 6.04 Å². The van der Waals surface area contributed by atoms with Crippen LogP contribution in [0.1, 0.15) is 42.0 Å². The van der Waals surface area contributed by atoms with Gasteiger partial charge < -0.3 is 24.4 Å². The van der Waals surface area contributed by atoms with Crippen molar-refractivity contribution >= 4 is 11.9 Å². The highest BCUT2D eigenvalue weighted by molar-refractivity contribution is 5.95. The van der Waals surface area contributed by atoms with Gasteiger partial charge in [-0.2, -0.15) is 4.98 Å². The summed E-state index contributed by atoms with van der Waals surface area (Å²) in [5, 5.41) is 15.1. The predicted octanol–water partition coefficient (Wildman–Crippen LogP) is 1.73. The molecule has 1 aromatic carbocycles. The number of nitrogens with zero attached hydrogens (tertiary/aromatic N) is 2. The number of nitrogens with one attached hydrogen (secondary N) is 1. The molecule has 1 atom stereocenters. The first kappa shape index (κ1) is 18.2. The lowest BCUT2D eigenvalue weighted by Gasteiger charge is -2.13. The Morgan fingerprint density at radius 3 is 2.68 bits per heavy atom. The quantitative estimate of drug-likeness (QED) is 0.738. The van der Waals surface area contributed by atoms with Gasteiger partial charge in [-0.15, -0.1) is 0 Å². The summed E-state index contributed by atoms with van der Waals surface area (Å²) in [6.07, 6.45) is 0. The van der Waals surface area contributed by atoms with Gasteiger partial charge in [0, 0.05) is 5.56 Å². The maximum Gasteiger partial charge on any atom is 0.341 e. The Morgan fingerprint density at radius 2 is 2.08 bits per heavy atom. The summed E-state index contributed by atoms with van der Waals surface area (Å²) in [6, 6.07) is 4.03. The Labute approximate surface area is 143 Å². The molecule has 1 amide bonds. The molecule has 1 unspecified atom stereocenters. The number of ether oxygens (including phenoxy) is 2. The topological polar surface area (TPSA) is 124 Å². The first-order valence-electron chi connectivity index (χ1n) is 7.63. The molecular formula is C16H19N3O6. The van der Waals surface area contributed by atoms with E-state index in [-0.39, 0.29) is 17.4 Å². The van der Waals surface area contributed by atoms with Crippen LogP contribution in [-0.4, -0.2) is 40.3 Å². The van der Waals surface area contributed by atoms with Crippen molar-refractivity contribution in [3.05, 3.63) is 35.5 Å². The van der Waals surface area contributed by atoms with Gasteiger partial charge in [-0.1, -0.05) is 5.16 Å². The third-order valence-electron chi connectivity index (χ3n) is 3.12.